The van der Waals surface area contributed by atoms with E-state index in [0.717, 1.165) is 6.92 Å². The highest BCUT2D eigenvalue weighted by atomic mass is 32.1. The Kier molecular flexibility index (Phi) is 3.63. The molecule has 0 saturated carbocycles. The van der Waals surface area contributed by atoms with E-state index in [-0.39, 0.29) is 10.7 Å². The van der Waals surface area contributed by atoms with E-state index in [2.05, 4.69) is 26.9 Å². The molecule has 8 heteroatoms. The van der Waals surface area contributed by atoms with Gasteiger partial charge in [0.1, 0.15) is 10.7 Å². The van der Waals surface area contributed by atoms with Gasteiger partial charge in [-0.15, -0.1) is 0 Å². The predicted octanol–water partition coefficient (Wildman–Crippen LogP) is 1.44. The summed E-state index contributed by atoms with van der Waals surface area (Å²) in [6, 6.07) is 0.975. The number of hydrogen-bond acceptors (Lipinski definition) is 4. The summed E-state index contributed by atoms with van der Waals surface area (Å²) in [5.41, 5.74) is 5.42. The van der Waals surface area contributed by atoms with Crippen LogP contribution in [0.4, 0.5) is 13.2 Å². The van der Waals surface area contributed by atoms with Gasteiger partial charge in [0.2, 0.25) is 0 Å². The molecule has 0 spiro atoms. The number of rotatable bonds is 3. The number of hydrogen-bond donors (Lipinski definition) is 1. The fraction of sp³-hybridized carbons (Fsp3) is 0.375. The summed E-state index contributed by atoms with van der Waals surface area (Å²) in [5.74, 6) is 0. The monoisotopic (exact) mass is 251 g/mol. The molecule has 2 N–H and O–H groups in total. The highest BCUT2D eigenvalue weighted by Crippen LogP contribution is 2.22. The molecule has 0 saturated heterocycles. The molecular weight excluding hydrogens is 243 g/mol. The maximum absolute atomic E-state index is 12.2. The summed E-state index contributed by atoms with van der Waals surface area (Å²) >= 11 is 4.62. The van der Waals surface area contributed by atoms with Crippen molar-refractivity contribution in [3.8, 4) is 6.01 Å². The zero-order valence-corrected chi connectivity index (χ0v) is 8.97. The summed E-state index contributed by atoms with van der Waals surface area (Å²) in [4.78, 5) is 7.12. The number of ether oxygens (including phenoxy) is 1. The van der Waals surface area contributed by atoms with Crippen molar-refractivity contribution in [2.45, 2.75) is 19.2 Å². The van der Waals surface area contributed by atoms with Crippen LogP contribution in [0.1, 0.15) is 12.6 Å². The molecule has 1 atom stereocenters. The van der Waals surface area contributed by atoms with Crippen molar-refractivity contribution in [3.05, 3.63) is 18.0 Å². The van der Waals surface area contributed by atoms with Gasteiger partial charge in [-0.3, -0.25) is 0 Å². The fourth-order valence-corrected chi connectivity index (χ4v) is 0.873. The minimum Gasteiger partial charge on any atom is -0.451 e. The molecule has 1 aromatic heterocycles. The van der Waals surface area contributed by atoms with Gasteiger partial charge in [-0.25, -0.2) is 4.98 Å². The van der Waals surface area contributed by atoms with Gasteiger partial charge < -0.3 is 10.5 Å². The van der Waals surface area contributed by atoms with E-state index < -0.39 is 18.3 Å². The lowest BCUT2D eigenvalue weighted by atomic mass is 10.4. The van der Waals surface area contributed by atoms with Crippen LogP contribution in [0.2, 0.25) is 0 Å². The van der Waals surface area contributed by atoms with Crippen LogP contribution in [-0.2, 0) is 0 Å². The van der Waals surface area contributed by atoms with E-state index in [1.54, 1.807) is 0 Å². The third-order valence-corrected chi connectivity index (χ3v) is 1.84. The van der Waals surface area contributed by atoms with E-state index in [1.165, 1.54) is 12.3 Å². The predicted molar refractivity (Wildman–Crippen MR) is 54.1 cm³/mol. The quantitative estimate of drug-likeness (QED) is 0.824. The molecule has 0 aliphatic carbocycles. The molecule has 1 rings (SSSR count). The maximum atomic E-state index is 12.2. The Hall–Kier alpha value is -1.44. The zero-order chi connectivity index (χ0) is 12.3. The third-order valence-electron chi connectivity index (χ3n) is 1.63. The van der Waals surface area contributed by atoms with Gasteiger partial charge in [-0.1, -0.05) is 12.2 Å². The van der Waals surface area contributed by atoms with E-state index in [4.69, 9.17) is 5.73 Å². The van der Waals surface area contributed by atoms with Crippen molar-refractivity contribution in [2.75, 3.05) is 0 Å². The Bertz CT molecular complexity index is 396. The number of thiocarbonyl (C=S) groups is 1. The summed E-state index contributed by atoms with van der Waals surface area (Å²) in [7, 11) is 0. The topological polar surface area (TPSA) is 61.0 Å². The molecule has 1 heterocycles. The van der Waals surface area contributed by atoms with E-state index in [9.17, 15) is 13.2 Å². The molecule has 0 radical (unpaired) electrons. The first-order valence-electron chi connectivity index (χ1n) is 4.17. The lowest BCUT2D eigenvalue weighted by molar-refractivity contribution is -0.190. The molecule has 1 aromatic rings. The number of halogens is 3. The summed E-state index contributed by atoms with van der Waals surface area (Å²) in [5, 5.41) is 0. The van der Waals surface area contributed by atoms with E-state index >= 15 is 0 Å². The average Bonchev–Trinajstić information content (AvgIpc) is 2.16. The van der Waals surface area contributed by atoms with Gasteiger partial charge in [0.15, 0.2) is 6.10 Å². The van der Waals surface area contributed by atoms with Crippen molar-refractivity contribution in [3.63, 3.8) is 0 Å². The van der Waals surface area contributed by atoms with Crippen molar-refractivity contribution in [1.82, 2.24) is 9.97 Å². The summed E-state index contributed by atoms with van der Waals surface area (Å²) in [6.07, 6.45) is -5.24. The van der Waals surface area contributed by atoms with E-state index in [1.807, 2.05) is 0 Å². The van der Waals surface area contributed by atoms with Gasteiger partial charge in [0.25, 0.3) is 0 Å². The molecule has 0 amide bonds. The largest absolute Gasteiger partial charge is 0.451 e. The Morgan fingerprint density at radius 1 is 1.56 bits per heavy atom. The van der Waals surface area contributed by atoms with Crippen LogP contribution in [0, 0.1) is 0 Å². The molecule has 16 heavy (non-hydrogen) atoms. The van der Waals surface area contributed by atoms with Crippen LogP contribution in [0.25, 0.3) is 0 Å². The highest BCUT2D eigenvalue weighted by molar-refractivity contribution is 7.80. The molecule has 0 aromatic carbocycles. The smallest absolute Gasteiger partial charge is 0.425 e. The molecule has 88 valence electrons. The number of aromatic nitrogens is 2. The number of alkyl halides is 3. The molecule has 0 bridgehead atoms. The van der Waals surface area contributed by atoms with Crippen molar-refractivity contribution < 1.29 is 17.9 Å². The lowest BCUT2D eigenvalue weighted by Gasteiger charge is -2.16. The number of nitrogens with zero attached hydrogens (tertiary/aromatic N) is 2. The molecular formula is C8H8F3N3OS. The average molecular weight is 251 g/mol. The Morgan fingerprint density at radius 3 is 2.69 bits per heavy atom. The first-order valence-corrected chi connectivity index (χ1v) is 4.57. The van der Waals surface area contributed by atoms with Crippen LogP contribution in [-0.4, -0.2) is 27.2 Å². The number of nitrogens with two attached hydrogens (primary N) is 1. The van der Waals surface area contributed by atoms with Crippen molar-refractivity contribution in [2.24, 2.45) is 5.73 Å². The fourth-order valence-electron chi connectivity index (χ4n) is 0.760. The maximum Gasteiger partial charge on any atom is 0.425 e. The van der Waals surface area contributed by atoms with Gasteiger partial charge in [0.05, 0.1) is 0 Å². The lowest BCUT2D eigenvalue weighted by Crippen LogP contribution is -2.32. The molecule has 4 nitrogen and oxygen atoms in total. The minimum atomic E-state index is -4.47. The standard InChI is InChI=1S/C8H8F3N3OS/c1-4(8(9,10)11)15-7-13-3-2-5(14-7)6(12)16/h2-4H,1H3,(H2,12,16). The molecule has 0 aliphatic heterocycles. The van der Waals surface area contributed by atoms with Crippen LogP contribution >= 0.6 is 12.2 Å². The molecule has 0 fully saturated rings. The summed E-state index contributed by atoms with van der Waals surface area (Å²) in [6.45, 7) is 0.858. The molecule has 1 unspecified atom stereocenters. The molecule has 0 aliphatic rings. The van der Waals surface area contributed by atoms with Gasteiger partial charge in [-0.2, -0.15) is 18.2 Å². The highest BCUT2D eigenvalue weighted by Gasteiger charge is 2.38. The van der Waals surface area contributed by atoms with Gasteiger partial charge in [-0.05, 0) is 13.0 Å². The zero-order valence-electron chi connectivity index (χ0n) is 8.15. The van der Waals surface area contributed by atoms with E-state index in [0.29, 0.717) is 0 Å². The van der Waals surface area contributed by atoms with Crippen LogP contribution < -0.4 is 10.5 Å². The van der Waals surface area contributed by atoms with Crippen LogP contribution in [0.3, 0.4) is 0 Å². The SMILES string of the molecule is CC(Oc1nccc(C(N)=S)n1)C(F)(F)F. The van der Waals surface area contributed by atoms with Gasteiger partial charge in [0, 0.05) is 6.20 Å². The Labute approximate surface area is 94.6 Å². The second kappa shape index (κ2) is 4.60. The van der Waals surface area contributed by atoms with Crippen LogP contribution in [0.15, 0.2) is 12.3 Å². The first-order chi connectivity index (χ1) is 7.30. The second-order valence-corrected chi connectivity index (χ2v) is 3.33. The first kappa shape index (κ1) is 12.6. The Morgan fingerprint density at radius 2 is 2.19 bits per heavy atom. The Balaban J connectivity index is 2.82. The van der Waals surface area contributed by atoms with Gasteiger partial charge >= 0.3 is 12.2 Å². The normalized spacial score (nSPS) is 13.2. The second-order valence-electron chi connectivity index (χ2n) is 2.89. The third kappa shape index (κ3) is 3.30. The van der Waals surface area contributed by atoms with Crippen molar-refractivity contribution in [1.29, 1.82) is 0 Å². The summed E-state index contributed by atoms with van der Waals surface area (Å²) < 4.78 is 41.0. The minimum absolute atomic E-state index is 0.0353. The van der Waals surface area contributed by atoms with Crippen LogP contribution in [0.5, 0.6) is 6.01 Å². The van der Waals surface area contributed by atoms with Crippen molar-refractivity contribution >= 4 is 17.2 Å².